The smallest absolute Gasteiger partial charge is 0.123 e. The van der Waals surface area contributed by atoms with Gasteiger partial charge in [0.2, 0.25) is 0 Å². The zero-order chi connectivity index (χ0) is 18.8. The lowest BCUT2D eigenvalue weighted by molar-refractivity contribution is 0.432. The maximum absolute atomic E-state index is 10.7. The topological polar surface area (TPSA) is 45.5 Å². The summed E-state index contributed by atoms with van der Waals surface area (Å²) in [6.45, 7) is 6.59. The number of nitrogens with zero attached hydrogens (tertiary/aromatic N) is 2. The largest absolute Gasteiger partial charge is 0.507 e. The summed E-state index contributed by atoms with van der Waals surface area (Å²) < 4.78 is 0. The molecule has 1 aliphatic heterocycles. The Morgan fingerprint density at radius 1 is 1.00 bits per heavy atom. The fraction of sp³-hybridized carbons (Fsp3) is 0.333. The molecule has 0 fully saturated rings. The highest BCUT2D eigenvalue weighted by atomic mass is 16.3. The van der Waals surface area contributed by atoms with Crippen LogP contribution in [0.2, 0.25) is 0 Å². The van der Waals surface area contributed by atoms with E-state index in [9.17, 15) is 5.11 Å². The fourth-order valence-electron chi connectivity index (χ4n) is 4.35. The van der Waals surface area contributed by atoms with Crippen molar-refractivity contribution in [3.8, 4) is 0 Å². The summed E-state index contributed by atoms with van der Waals surface area (Å²) >= 11 is 0. The van der Waals surface area contributed by atoms with Gasteiger partial charge in [0.05, 0.1) is 16.7 Å². The minimum atomic E-state index is 0.0481. The highest BCUT2D eigenvalue weighted by Gasteiger charge is 2.25. The molecular weight excluding hydrogens is 332 g/mol. The lowest BCUT2D eigenvalue weighted by atomic mass is 9.85. The number of hydrogen-bond acceptors (Lipinski definition) is 3. The van der Waals surface area contributed by atoms with Gasteiger partial charge in [-0.15, -0.1) is 0 Å². The Morgan fingerprint density at radius 3 is 2.56 bits per heavy atom. The Kier molecular flexibility index (Phi) is 3.45. The van der Waals surface area contributed by atoms with Gasteiger partial charge in [-0.05, 0) is 71.2 Å². The van der Waals surface area contributed by atoms with E-state index < -0.39 is 0 Å². The molecule has 2 aliphatic carbocycles. The summed E-state index contributed by atoms with van der Waals surface area (Å²) in [6.07, 6.45) is 7.90. The Bertz CT molecular complexity index is 1160. The van der Waals surface area contributed by atoms with Gasteiger partial charge >= 0.3 is 0 Å². The summed E-state index contributed by atoms with van der Waals surface area (Å²) in [5, 5.41) is 13.0. The van der Waals surface area contributed by atoms with Crippen molar-refractivity contribution in [2.24, 2.45) is 4.99 Å². The number of allylic oxidation sites excluding steroid dienone is 3. The van der Waals surface area contributed by atoms with Crippen molar-refractivity contribution in [1.29, 1.82) is 0 Å². The van der Waals surface area contributed by atoms with E-state index in [0.717, 1.165) is 35.2 Å². The number of rotatable bonds is 1. The SMILES string of the molecule is CC(C)(C)c1ccnc(C2=C(O)C=C3N=c4cc5c(cc4=C3C2)CCC5)c1. The van der Waals surface area contributed by atoms with Gasteiger partial charge in [-0.25, -0.2) is 4.99 Å². The van der Waals surface area contributed by atoms with E-state index in [1.165, 1.54) is 33.9 Å². The molecule has 3 nitrogen and oxygen atoms in total. The summed E-state index contributed by atoms with van der Waals surface area (Å²) in [7, 11) is 0. The maximum atomic E-state index is 10.7. The Hall–Kier alpha value is -2.68. The normalized spacial score (nSPS) is 18.0. The van der Waals surface area contributed by atoms with Crippen LogP contribution in [0, 0.1) is 0 Å². The minimum absolute atomic E-state index is 0.0481. The Morgan fingerprint density at radius 2 is 1.78 bits per heavy atom. The van der Waals surface area contributed by atoms with Crippen LogP contribution < -0.4 is 10.6 Å². The van der Waals surface area contributed by atoms with E-state index in [4.69, 9.17) is 4.99 Å². The second kappa shape index (κ2) is 5.66. The number of aromatic nitrogens is 1. The minimum Gasteiger partial charge on any atom is -0.507 e. The monoisotopic (exact) mass is 356 g/mol. The molecule has 3 heteroatoms. The molecule has 0 spiro atoms. The van der Waals surface area contributed by atoms with Crippen LogP contribution in [-0.4, -0.2) is 10.1 Å². The summed E-state index contributed by atoms with van der Waals surface area (Å²) in [6, 6.07) is 8.75. The molecule has 0 saturated carbocycles. The first-order chi connectivity index (χ1) is 12.9. The first kappa shape index (κ1) is 16.5. The van der Waals surface area contributed by atoms with Gasteiger partial charge < -0.3 is 5.11 Å². The zero-order valence-corrected chi connectivity index (χ0v) is 16.1. The molecule has 1 N–H and O–H groups in total. The maximum Gasteiger partial charge on any atom is 0.123 e. The quantitative estimate of drug-likeness (QED) is 0.842. The van der Waals surface area contributed by atoms with E-state index in [0.29, 0.717) is 6.42 Å². The van der Waals surface area contributed by atoms with Crippen LogP contribution in [0.3, 0.4) is 0 Å². The van der Waals surface area contributed by atoms with E-state index in [2.05, 4.69) is 50.0 Å². The fourth-order valence-corrected chi connectivity index (χ4v) is 4.35. The average molecular weight is 356 g/mol. The van der Waals surface area contributed by atoms with Crippen LogP contribution in [0.5, 0.6) is 0 Å². The molecule has 3 aliphatic rings. The van der Waals surface area contributed by atoms with Gasteiger partial charge in [-0.3, -0.25) is 4.98 Å². The molecule has 2 heterocycles. The van der Waals surface area contributed by atoms with E-state index in [1.807, 2.05) is 12.3 Å². The summed E-state index contributed by atoms with van der Waals surface area (Å²) in [5.41, 5.74) is 8.05. The van der Waals surface area contributed by atoms with E-state index in [1.54, 1.807) is 0 Å². The van der Waals surface area contributed by atoms with Crippen LogP contribution in [0.1, 0.15) is 56.0 Å². The molecule has 136 valence electrons. The Balaban J connectivity index is 1.63. The van der Waals surface area contributed by atoms with Gasteiger partial charge in [-0.1, -0.05) is 20.8 Å². The number of fused-ring (bicyclic) bond motifs is 3. The number of aliphatic hydroxyl groups excluding tert-OH is 1. The van der Waals surface area contributed by atoms with Gasteiger partial charge in [0.25, 0.3) is 0 Å². The standard InChI is InChI=1S/C24H24N2O/c1-24(2,3)16-7-8-25-20(11-16)19-12-18-17-9-14-5-4-6-15(14)10-21(17)26-22(18)13-23(19)27/h7-11,13,27H,4-6,12H2,1-3H3. The predicted molar refractivity (Wildman–Crippen MR) is 108 cm³/mol. The molecule has 27 heavy (non-hydrogen) atoms. The van der Waals surface area contributed by atoms with Gasteiger partial charge in [0.15, 0.2) is 0 Å². The van der Waals surface area contributed by atoms with E-state index >= 15 is 0 Å². The van der Waals surface area contributed by atoms with Crippen LogP contribution in [0.15, 0.2) is 53.0 Å². The first-order valence-corrected chi connectivity index (χ1v) is 9.75. The third-order valence-electron chi connectivity index (χ3n) is 5.96. The third-order valence-corrected chi connectivity index (χ3v) is 5.96. The van der Waals surface area contributed by atoms with Crippen molar-refractivity contribution in [2.45, 2.75) is 51.9 Å². The molecular formula is C24H24N2O. The van der Waals surface area contributed by atoms with Crippen LogP contribution in [0.25, 0.3) is 11.1 Å². The molecule has 0 saturated heterocycles. The van der Waals surface area contributed by atoms with Crippen molar-refractivity contribution in [3.63, 3.8) is 0 Å². The molecule has 2 aromatic rings. The van der Waals surface area contributed by atoms with Crippen molar-refractivity contribution in [2.75, 3.05) is 0 Å². The van der Waals surface area contributed by atoms with Crippen LogP contribution >= 0.6 is 0 Å². The highest BCUT2D eigenvalue weighted by molar-refractivity contribution is 5.85. The van der Waals surface area contributed by atoms with Crippen LogP contribution in [0.4, 0.5) is 0 Å². The lowest BCUT2D eigenvalue weighted by Crippen LogP contribution is -2.24. The molecule has 0 radical (unpaired) electrons. The molecule has 1 aromatic heterocycles. The van der Waals surface area contributed by atoms with Crippen molar-refractivity contribution < 1.29 is 5.11 Å². The summed E-state index contributed by atoms with van der Waals surface area (Å²) in [4.78, 5) is 9.36. The molecule has 0 atom stereocenters. The van der Waals surface area contributed by atoms with Gasteiger partial charge in [-0.2, -0.15) is 0 Å². The first-order valence-electron chi connectivity index (χ1n) is 9.75. The average Bonchev–Trinajstić information content (AvgIpc) is 3.21. The lowest BCUT2D eigenvalue weighted by Gasteiger charge is -2.21. The Labute approximate surface area is 159 Å². The molecule has 5 rings (SSSR count). The molecule has 0 amide bonds. The van der Waals surface area contributed by atoms with Gasteiger partial charge in [0.1, 0.15) is 5.76 Å². The van der Waals surface area contributed by atoms with Gasteiger partial charge in [0, 0.05) is 29.5 Å². The van der Waals surface area contributed by atoms with Crippen molar-refractivity contribution in [3.05, 3.63) is 81.0 Å². The molecule has 0 bridgehead atoms. The predicted octanol–water partition coefficient (Wildman–Crippen LogP) is 3.91. The second-order valence-corrected chi connectivity index (χ2v) is 8.83. The van der Waals surface area contributed by atoms with Crippen LogP contribution in [-0.2, 0) is 18.3 Å². The summed E-state index contributed by atoms with van der Waals surface area (Å²) in [5.74, 6) is 0.288. The number of aliphatic hydroxyl groups is 1. The van der Waals surface area contributed by atoms with Crippen molar-refractivity contribution >= 4 is 11.1 Å². The van der Waals surface area contributed by atoms with E-state index in [-0.39, 0.29) is 11.2 Å². The van der Waals surface area contributed by atoms with Crippen molar-refractivity contribution in [1.82, 2.24) is 4.98 Å². The molecule has 0 unspecified atom stereocenters. The number of aryl methyl sites for hydroxylation is 2. The molecule has 1 aromatic carbocycles. The number of benzene rings is 1. The highest BCUT2D eigenvalue weighted by Crippen LogP contribution is 2.36. The third kappa shape index (κ3) is 2.64. The number of hydrogen-bond donors (Lipinski definition) is 1. The second-order valence-electron chi connectivity index (χ2n) is 8.83. The number of pyridine rings is 1. The zero-order valence-electron chi connectivity index (χ0n) is 16.1.